The third kappa shape index (κ3) is 4.87. The fraction of sp³-hybridized carbons (Fsp3) is 0.500. The summed E-state index contributed by atoms with van der Waals surface area (Å²) in [5.74, 6) is 0. The third-order valence-corrected chi connectivity index (χ3v) is 7.43. The number of hydrogen-bond acceptors (Lipinski definition) is 6. The summed E-state index contributed by atoms with van der Waals surface area (Å²) < 4.78 is 11.8. The molecule has 0 aromatic heterocycles. The van der Waals surface area contributed by atoms with E-state index >= 15 is 0 Å². The van der Waals surface area contributed by atoms with Gasteiger partial charge in [-0.15, -0.1) is 0 Å². The van der Waals surface area contributed by atoms with Crippen molar-refractivity contribution in [2.45, 2.75) is 62.8 Å². The van der Waals surface area contributed by atoms with Gasteiger partial charge in [-0.25, -0.2) is 0 Å². The molecule has 0 unspecified atom stereocenters. The van der Waals surface area contributed by atoms with Gasteiger partial charge >= 0.3 is 0 Å². The van der Waals surface area contributed by atoms with E-state index in [2.05, 4.69) is 34.9 Å². The average molecular weight is 457 g/mol. The van der Waals surface area contributed by atoms with Crippen molar-refractivity contribution in [2.24, 2.45) is 0 Å². The zero-order valence-corrected chi connectivity index (χ0v) is 19.6. The van der Waals surface area contributed by atoms with Crippen LogP contribution in [0.4, 0.5) is 0 Å². The summed E-state index contributed by atoms with van der Waals surface area (Å²) >= 11 is 0. The average Bonchev–Trinajstić information content (AvgIpc) is 3.63. The molecule has 34 heavy (non-hydrogen) atoms. The Bertz CT molecular complexity index is 1000. The van der Waals surface area contributed by atoms with Gasteiger partial charge < -0.3 is 20.1 Å². The first-order chi connectivity index (χ1) is 16.8. The smallest absolute Gasteiger partial charge is 0.0991 e. The largest absolute Gasteiger partial charge is 0.372 e. The molecule has 4 aliphatic rings. The number of hydrogen-bond donors (Lipinski definition) is 2. The lowest BCUT2D eigenvalue weighted by atomic mass is 9.91. The Morgan fingerprint density at radius 1 is 0.706 bits per heavy atom. The second-order valence-electron chi connectivity index (χ2n) is 9.54. The Labute approximate surface area is 201 Å². The molecular formula is C28H32N4O2. The predicted molar refractivity (Wildman–Crippen MR) is 129 cm³/mol. The number of benzene rings is 2. The zero-order chi connectivity index (χ0) is 23.3. The van der Waals surface area contributed by atoms with Crippen LogP contribution in [0.15, 0.2) is 36.4 Å². The van der Waals surface area contributed by atoms with Crippen molar-refractivity contribution in [3.05, 3.63) is 69.8 Å². The third-order valence-electron chi connectivity index (χ3n) is 7.43. The van der Waals surface area contributed by atoms with Crippen molar-refractivity contribution in [1.82, 2.24) is 10.6 Å². The highest BCUT2D eigenvalue weighted by Gasteiger charge is 2.32. The minimum absolute atomic E-state index is 0.134. The van der Waals surface area contributed by atoms with Gasteiger partial charge in [0.15, 0.2) is 0 Å². The maximum absolute atomic E-state index is 8.98. The van der Waals surface area contributed by atoms with E-state index in [0.717, 1.165) is 50.3 Å². The quantitative estimate of drug-likeness (QED) is 0.714. The Morgan fingerprint density at radius 2 is 1.18 bits per heavy atom. The summed E-state index contributed by atoms with van der Waals surface area (Å²) in [6.07, 6.45) is 6.97. The van der Waals surface area contributed by atoms with Gasteiger partial charge in [0.2, 0.25) is 0 Å². The summed E-state index contributed by atoms with van der Waals surface area (Å²) in [7, 11) is 0. The van der Waals surface area contributed by atoms with Crippen LogP contribution in [0.1, 0.15) is 71.3 Å². The highest BCUT2D eigenvalue weighted by Crippen LogP contribution is 2.34. The topological polar surface area (TPSA) is 90.1 Å². The molecule has 0 radical (unpaired) electrons. The highest BCUT2D eigenvalue weighted by molar-refractivity contribution is 5.42. The van der Waals surface area contributed by atoms with Gasteiger partial charge in [-0.2, -0.15) is 10.5 Å². The number of fused-ring (bicyclic) bond motifs is 2. The molecule has 2 aromatic rings. The molecule has 0 amide bonds. The van der Waals surface area contributed by atoms with Crippen molar-refractivity contribution in [2.75, 3.05) is 26.3 Å². The van der Waals surface area contributed by atoms with Gasteiger partial charge in [-0.3, -0.25) is 0 Å². The van der Waals surface area contributed by atoms with Crippen LogP contribution < -0.4 is 10.6 Å². The van der Waals surface area contributed by atoms with E-state index in [0.29, 0.717) is 12.1 Å². The van der Waals surface area contributed by atoms with E-state index in [4.69, 9.17) is 20.0 Å². The minimum Gasteiger partial charge on any atom is -0.372 e. The Hall–Kier alpha value is -2.74. The van der Waals surface area contributed by atoms with Crippen LogP contribution in [0.3, 0.4) is 0 Å². The molecular weight excluding hydrogens is 424 g/mol. The molecule has 4 atom stereocenters. The van der Waals surface area contributed by atoms with Crippen molar-refractivity contribution in [3.8, 4) is 12.1 Å². The molecule has 0 bridgehead atoms. The lowest BCUT2D eigenvalue weighted by Crippen LogP contribution is -2.33. The summed E-state index contributed by atoms with van der Waals surface area (Å²) in [5, 5.41) is 25.0. The molecule has 2 saturated heterocycles. The fourth-order valence-electron chi connectivity index (χ4n) is 5.69. The number of nitrogens with one attached hydrogen (secondary N) is 2. The molecule has 4 heterocycles. The van der Waals surface area contributed by atoms with Crippen LogP contribution in [0, 0.1) is 22.7 Å². The predicted octanol–water partition coefficient (Wildman–Crippen LogP) is 3.85. The van der Waals surface area contributed by atoms with Gasteiger partial charge in [0.05, 0.1) is 48.7 Å². The lowest BCUT2D eigenvalue weighted by Gasteiger charge is -2.30. The lowest BCUT2D eigenvalue weighted by molar-refractivity contribution is 0.0198. The minimum atomic E-state index is 0.134. The highest BCUT2D eigenvalue weighted by atomic mass is 16.5. The molecule has 0 spiro atoms. The zero-order valence-electron chi connectivity index (χ0n) is 19.6. The molecule has 4 aliphatic heterocycles. The SMILES string of the molecule is N#Cc1ccc2c(c1)[C@@H]([C@@H]1CCCN1)OCC2.N#Cc1ccc2c(c1)[C@H]([C@@H]1CCCN1)OCC2. The van der Waals surface area contributed by atoms with E-state index in [9.17, 15) is 0 Å². The molecule has 2 aromatic carbocycles. The van der Waals surface area contributed by atoms with Crippen LogP contribution in [0.25, 0.3) is 0 Å². The molecule has 6 rings (SSSR count). The standard InChI is InChI=1S/2C14H16N2O/c2*15-9-10-3-4-11-5-7-17-14(12(11)8-10)13-2-1-6-16-13/h2*3-4,8,13-14,16H,1-2,5-7H2/t13-,14+;13-,14-/m00/s1. The van der Waals surface area contributed by atoms with Crippen molar-refractivity contribution in [1.29, 1.82) is 10.5 Å². The molecule has 2 fully saturated rings. The number of rotatable bonds is 2. The van der Waals surface area contributed by atoms with Crippen LogP contribution in [0.5, 0.6) is 0 Å². The van der Waals surface area contributed by atoms with Gasteiger partial charge in [-0.1, -0.05) is 12.1 Å². The first kappa shape index (κ1) is 23.0. The van der Waals surface area contributed by atoms with Crippen molar-refractivity contribution in [3.63, 3.8) is 0 Å². The summed E-state index contributed by atoms with van der Waals surface area (Å²) in [4.78, 5) is 0. The van der Waals surface area contributed by atoms with Crippen LogP contribution in [-0.2, 0) is 22.3 Å². The Morgan fingerprint density at radius 3 is 1.56 bits per heavy atom. The second-order valence-corrected chi connectivity index (χ2v) is 9.54. The first-order valence-electron chi connectivity index (χ1n) is 12.5. The maximum atomic E-state index is 8.98. The van der Waals surface area contributed by atoms with Crippen molar-refractivity contribution < 1.29 is 9.47 Å². The maximum Gasteiger partial charge on any atom is 0.0991 e. The molecule has 0 saturated carbocycles. The monoisotopic (exact) mass is 456 g/mol. The molecule has 0 aliphatic carbocycles. The van der Waals surface area contributed by atoms with E-state index in [-0.39, 0.29) is 12.2 Å². The van der Waals surface area contributed by atoms with Crippen LogP contribution >= 0.6 is 0 Å². The van der Waals surface area contributed by atoms with Gasteiger partial charge in [0, 0.05) is 12.1 Å². The second kappa shape index (κ2) is 10.7. The molecule has 2 N–H and O–H groups in total. The van der Waals surface area contributed by atoms with Gasteiger partial charge in [0.25, 0.3) is 0 Å². The summed E-state index contributed by atoms with van der Waals surface area (Å²) in [6.45, 7) is 3.75. The molecule has 6 nitrogen and oxygen atoms in total. The molecule has 176 valence electrons. The van der Waals surface area contributed by atoms with E-state index < -0.39 is 0 Å². The fourth-order valence-corrected chi connectivity index (χ4v) is 5.69. The summed E-state index contributed by atoms with van der Waals surface area (Å²) in [6, 6.07) is 17.2. The van der Waals surface area contributed by atoms with Gasteiger partial charge in [0.1, 0.15) is 0 Å². The Balaban J connectivity index is 0.000000142. The van der Waals surface area contributed by atoms with E-state index in [1.54, 1.807) is 0 Å². The van der Waals surface area contributed by atoms with Crippen LogP contribution in [-0.4, -0.2) is 38.4 Å². The van der Waals surface area contributed by atoms with Gasteiger partial charge in [-0.05, 0) is 98.1 Å². The normalized spacial score (nSPS) is 27.5. The number of ether oxygens (including phenoxy) is 2. The van der Waals surface area contributed by atoms with Crippen molar-refractivity contribution >= 4 is 0 Å². The first-order valence-corrected chi connectivity index (χ1v) is 12.5. The van der Waals surface area contributed by atoms with E-state index in [1.165, 1.54) is 47.9 Å². The number of nitrogens with zero attached hydrogens (tertiary/aromatic N) is 2. The Kier molecular flexibility index (Phi) is 7.23. The number of nitriles is 2. The van der Waals surface area contributed by atoms with Crippen LogP contribution in [0.2, 0.25) is 0 Å². The summed E-state index contributed by atoms with van der Waals surface area (Å²) in [5.41, 5.74) is 6.58. The van der Waals surface area contributed by atoms with E-state index in [1.807, 2.05) is 24.3 Å². The molecule has 6 heteroatoms.